The number of amides is 1. The molecule has 1 heterocycles. The van der Waals surface area contributed by atoms with Gasteiger partial charge in [-0.1, -0.05) is 12.1 Å². The quantitative estimate of drug-likeness (QED) is 0.765. The number of carbonyl (C=O) groups excluding carboxylic acids is 1. The highest BCUT2D eigenvalue weighted by atomic mass is 19.1. The monoisotopic (exact) mass is 251 g/mol. The van der Waals surface area contributed by atoms with Gasteiger partial charge in [-0.3, -0.25) is 10.1 Å². The summed E-state index contributed by atoms with van der Waals surface area (Å²) in [4.78, 5) is 10.9. The highest BCUT2D eigenvalue weighted by Crippen LogP contribution is 2.45. The number of halogens is 1. The van der Waals surface area contributed by atoms with E-state index in [-0.39, 0.29) is 17.2 Å². The normalized spacial score (nSPS) is 10.3. The lowest BCUT2D eigenvalue weighted by Gasteiger charge is -1.97. The van der Waals surface area contributed by atoms with Crippen molar-refractivity contribution >= 4 is 11.8 Å². The maximum absolute atomic E-state index is 13.0. The highest BCUT2D eigenvalue weighted by Gasteiger charge is 2.21. The predicted molar refractivity (Wildman–Crippen MR) is 61.7 cm³/mol. The molecule has 0 aliphatic heterocycles. The average molecular weight is 251 g/mol. The molecule has 0 spiro atoms. The van der Waals surface area contributed by atoms with Crippen molar-refractivity contribution in [2.24, 2.45) is 0 Å². The van der Waals surface area contributed by atoms with Gasteiger partial charge in [-0.15, -0.1) is 0 Å². The zero-order valence-electron chi connectivity index (χ0n) is 9.40. The summed E-state index contributed by atoms with van der Waals surface area (Å²) in [5, 5.41) is 21.4. The van der Waals surface area contributed by atoms with Crippen LogP contribution in [-0.2, 0) is 4.79 Å². The Morgan fingerprint density at radius 2 is 2.06 bits per heavy atom. The minimum absolute atomic E-state index is 0.115. The van der Waals surface area contributed by atoms with E-state index in [2.05, 4.69) is 5.32 Å². The van der Waals surface area contributed by atoms with Crippen molar-refractivity contribution in [2.75, 3.05) is 5.32 Å². The summed E-state index contributed by atoms with van der Waals surface area (Å²) in [6.45, 7) is 1.22. The zero-order valence-corrected chi connectivity index (χ0v) is 9.40. The molecule has 0 saturated heterocycles. The van der Waals surface area contributed by atoms with Crippen molar-refractivity contribution in [2.45, 2.75) is 6.92 Å². The van der Waals surface area contributed by atoms with Crippen LogP contribution in [-0.4, -0.2) is 16.1 Å². The second-order valence-electron chi connectivity index (χ2n) is 3.65. The van der Waals surface area contributed by atoms with Crippen LogP contribution in [0.25, 0.3) is 11.3 Å². The Bertz CT molecular complexity index is 606. The maximum Gasteiger partial charge on any atom is 0.246 e. The number of anilines is 1. The summed E-state index contributed by atoms with van der Waals surface area (Å²) >= 11 is 0. The van der Waals surface area contributed by atoms with Crippen LogP contribution >= 0.6 is 0 Å². The van der Waals surface area contributed by atoms with Gasteiger partial charge < -0.3 is 14.6 Å². The van der Waals surface area contributed by atoms with Gasteiger partial charge in [0.25, 0.3) is 0 Å². The molecule has 5 nitrogen and oxygen atoms in total. The van der Waals surface area contributed by atoms with Gasteiger partial charge in [-0.2, -0.15) is 0 Å². The maximum atomic E-state index is 13.0. The standard InChI is InChI=1S/C12H10FNO4/c1-6(15)14-12-10(17)9(16)11(18-12)7-3-2-4-8(13)5-7/h2-5,16-17H,1H3,(H,14,15). The minimum Gasteiger partial charge on any atom is -0.502 e. The lowest BCUT2D eigenvalue weighted by atomic mass is 10.1. The zero-order chi connectivity index (χ0) is 13.3. The van der Waals surface area contributed by atoms with E-state index in [4.69, 9.17) is 4.42 Å². The van der Waals surface area contributed by atoms with Crippen LogP contribution in [0.4, 0.5) is 10.3 Å². The topological polar surface area (TPSA) is 82.7 Å². The van der Waals surface area contributed by atoms with E-state index in [9.17, 15) is 19.4 Å². The molecule has 2 aromatic rings. The Morgan fingerprint density at radius 1 is 1.33 bits per heavy atom. The molecule has 18 heavy (non-hydrogen) atoms. The number of hydrogen-bond donors (Lipinski definition) is 3. The van der Waals surface area contributed by atoms with Crippen LogP contribution in [0.5, 0.6) is 11.5 Å². The number of carbonyl (C=O) groups is 1. The molecule has 0 saturated carbocycles. The first-order valence-corrected chi connectivity index (χ1v) is 5.07. The Morgan fingerprint density at radius 3 is 2.67 bits per heavy atom. The van der Waals surface area contributed by atoms with Gasteiger partial charge in [-0.05, 0) is 12.1 Å². The van der Waals surface area contributed by atoms with Gasteiger partial charge >= 0.3 is 0 Å². The van der Waals surface area contributed by atoms with Crippen molar-refractivity contribution in [1.29, 1.82) is 0 Å². The number of benzene rings is 1. The van der Waals surface area contributed by atoms with E-state index in [1.54, 1.807) is 0 Å². The molecule has 0 atom stereocenters. The molecule has 94 valence electrons. The molecule has 0 bridgehead atoms. The van der Waals surface area contributed by atoms with Crippen LogP contribution in [0.2, 0.25) is 0 Å². The van der Waals surface area contributed by atoms with Crippen molar-refractivity contribution < 1.29 is 23.8 Å². The Kier molecular flexibility index (Phi) is 2.93. The van der Waals surface area contributed by atoms with Crippen molar-refractivity contribution in [3.8, 4) is 22.8 Å². The molecule has 1 amide bonds. The molecular formula is C12H10FNO4. The Labute approximate surface area is 101 Å². The molecular weight excluding hydrogens is 241 g/mol. The number of rotatable bonds is 2. The third-order valence-corrected chi connectivity index (χ3v) is 2.23. The molecule has 0 radical (unpaired) electrons. The first-order valence-electron chi connectivity index (χ1n) is 5.07. The molecule has 0 unspecified atom stereocenters. The number of hydrogen-bond acceptors (Lipinski definition) is 4. The first kappa shape index (κ1) is 12.0. The van der Waals surface area contributed by atoms with E-state index in [1.165, 1.54) is 25.1 Å². The summed E-state index contributed by atoms with van der Waals surface area (Å²) in [6.07, 6.45) is 0. The first-order chi connectivity index (χ1) is 8.49. The van der Waals surface area contributed by atoms with Gasteiger partial charge in [0, 0.05) is 12.5 Å². The van der Waals surface area contributed by atoms with Crippen molar-refractivity contribution in [1.82, 2.24) is 0 Å². The molecule has 1 aromatic heterocycles. The number of furan rings is 1. The number of nitrogens with one attached hydrogen (secondary N) is 1. The SMILES string of the molecule is CC(=O)Nc1oc(-c2cccc(F)c2)c(O)c1O. The summed E-state index contributed by atoms with van der Waals surface area (Å²) in [5.41, 5.74) is 0.249. The van der Waals surface area contributed by atoms with Crippen molar-refractivity contribution in [3.05, 3.63) is 30.1 Å². The van der Waals surface area contributed by atoms with E-state index in [0.29, 0.717) is 0 Å². The predicted octanol–water partition coefficient (Wildman–Crippen LogP) is 2.46. The summed E-state index contributed by atoms with van der Waals surface area (Å²) in [5.74, 6) is -2.52. The Hall–Kier alpha value is -2.50. The highest BCUT2D eigenvalue weighted by molar-refractivity contribution is 5.90. The second-order valence-corrected chi connectivity index (χ2v) is 3.65. The molecule has 0 aliphatic rings. The molecule has 2 rings (SSSR count). The third-order valence-electron chi connectivity index (χ3n) is 2.23. The number of aromatic hydroxyl groups is 2. The van der Waals surface area contributed by atoms with Gasteiger partial charge in [0.15, 0.2) is 5.76 Å². The smallest absolute Gasteiger partial charge is 0.246 e. The van der Waals surface area contributed by atoms with Gasteiger partial charge in [0.05, 0.1) is 0 Å². The van der Waals surface area contributed by atoms with E-state index in [1.807, 2.05) is 0 Å². The summed E-state index contributed by atoms with van der Waals surface area (Å²) in [6, 6.07) is 5.30. The Balaban J connectivity index is 2.49. The van der Waals surface area contributed by atoms with E-state index in [0.717, 1.165) is 6.07 Å². The van der Waals surface area contributed by atoms with Crippen LogP contribution in [0.1, 0.15) is 6.92 Å². The van der Waals surface area contributed by atoms with Gasteiger partial charge in [-0.25, -0.2) is 4.39 Å². The van der Waals surface area contributed by atoms with Crippen LogP contribution in [0, 0.1) is 5.82 Å². The largest absolute Gasteiger partial charge is 0.502 e. The lowest BCUT2D eigenvalue weighted by molar-refractivity contribution is -0.114. The van der Waals surface area contributed by atoms with Gasteiger partial charge in [0.2, 0.25) is 23.3 Å². The lowest BCUT2D eigenvalue weighted by Crippen LogP contribution is -2.04. The van der Waals surface area contributed by atoms with Crippen LogP contribution in [0.3, 0.4) is 0 Å². The average Bonchev–Trinajstić information content (AvgIpc) is 2.57. The summed E-state index contributed by atoms with van der Waals surface area (Å²) in [7, 11) is 0. The molecule has 3 N–H and O–H groups in total. The van der Waals surface area contributed by atoms with Crippen molar-refractivity contribution in [3.63, 3.8) is 0 Å². The third kappa shape index (κ3) is 2.13. The van der Waals surface area contributed by atoms with Crippen LogP contribution in [0.15, 0.2) is 28.7 Å². The fraction of sp³-hybridized carbons (Fsp3) is 0.0833. The fourth-order valence-corrected chi connectivity index (χ4v) is 1.48. The van der Waals surface area contributed by atoms with Crippen LogP contribution < -0.4 is 5.32 Å². The molecule has 0 aliphatic carbocycles. The van der Waals surface area contributed by atoms with E-state index >= 15 is 0 Å². The molecule has 0 fully saturated rings. The van der Waals surface area contributed by atoms with Gasteiger partial charge in [0.1, 0.15) is 5.82 Å². The molecule has 1 aromatic carbocycles. The van der Waals surface area contributed by atoms with E-state index < -0.39 is 23.2 Å². The fourth-order valence-electron chi connectivity index (χ4n) is 1.48. The molecule has 6 heteroatoms. The second kappa shape index (κ2) is 4.40. The summed E-state index contributed by atoms with van der Waals surface area (Å²) < 4.78 is 18.1. The minimum atomic E-state index is -0.593.